The Morgan fingerprint density at radius 3 is 2.35 bits per heavy atom. The van der Waals surface area contributed by atoms with Crippen LogP contribution in [0.4, 0.5) is 0 Å². The summed E-state index contributed by atoms with van der Waals surface area (Å²) in [5.41, 5.74) is -0.871. The number of hydrogen-bond donors (Lipinski definition) is 2. The Kier molecular flexibility index (Phi) is 5.70. The lowest BCUT2D eigenvalue weighted by atomic mass is 9.89. The van der Waals surface area contributed by atoms with Crippen molar-refractivity contribution in [2.75, 3.05) is 7.05 Å². The lowest BCUT2D eigenvalue weighted by Crippen LogP contribution is -2.58. The Balaban J connectivity index is 2.81. The average molecular weight is 279 g/mol. The van der Waals surface area contributed by atoms with Crippen LogP contribution in [0.1, 0.15) is 25.8 Å². The van der Waals surface area contributed by atoms with Crippen molar-refractivity contribution in [1.82, 2.24) is 5.32 Å². The highest BCUT2D eigenvalue weighted by molar-refractivity contribution is 6.04. The quantitative estimate of drug-likeness (QED) is 0.588. The molecule has 0 fully saturated rings. The van der Waals surface area contributed by atoms with Crippen molar-refractivity contribution in [2.24, 2.45) is 5.92 Å². The van der Waals surface area contributed by atoms with Crippen LogP contribution in [0.2, 0.25) is 0 Å². The molecule has 110 valence electrons. The molecule has 1 aromatic rings. The third-order valence-electron chi connectivity index (χ3n) is 3.07. The minimum Gasteiger partial charge on any atom is -0.479 e. The second kappa shape index (κ2) is 7.05. The fourth-order valence-electron chi connectivity index (χ4n) is 2.03. The highest BCUT2D eigenvalue weighted by Crippen LogP contribution is 2.20. The number of carboxylic acids is 1. The number of carbonyl (C=O) groups excluding carboxylic acids is 1. The Morgan fingerprint density at radius 1 is 1.30 bits per heavy atom. The average Bonchev–Trinajstić information content (AvgIpc) is 2.42. The predicted molar refractivity (Wildman–Crippen MR) is 75.1 cm³/mol. The molecule has 5 nitrogen and oxygen atoms in total. The topological polar surface area (TPSA) is 75.6 Å². The smallest absolute Gasteiger partial charge is 0.338 e. The molecule has 0 aliphatic rings. The van der Waals surface area contributed by atoms with Gasteiger partial charge in [0, 0.05) is 0 Å². The maximum atomic E-state index is 12.2. The molecule has 0 aliphatic carbocycles. The van der Waals surface area contributed by atoms with Gasteiger partial charge in [0.15, 0.2) is 0 Å². The molecule has 0 aromatic heterocycles. The summed E-state index contributed by atoms with van der Waals surface area (Å²) in [4.78, 5) is 23.7. The predicted octanol–water partition coefficient (Wildman–Crippen LogP) is 1.82. The molecule has 1 aromatic carbocycles. The molecule has 0 amide bonds. The van der Waals surface area contributed by atoms with E-state index >= 15 is 0 Å². The maximum absolute atomic E-state index is 12.2. The van der Waals surface area contributed by atoms with Crippen LogP contribution < -0.4 is 5.32 Å². The van der Waals surface area contributed by atoms with Crippen molar-refractivity contribution in [3.8, 4) is 0 Å². The van der Waals surface area contributed by atoms with Crippen LogP contribution in [0.25, 0.3) is 0 Å². The van der Waals surface area contributed by atoms with E-state index in [0.29, 0.717) is 0 Å². The second-order valence-electron chi connectivity index (χ2n) is 5.12. The number of nitrogens with one attached hydrogen (secondary N) is 1. The Hall–Kier alpha value is -1.88. The van der Waals surface area contributed by atoms with Crippen LogP contribution in [-0.4, -0.2) is 29.6 Å². The first-order valence-electron chi connectivity index (χ1n) is 6.56. The number of hydrogen-bond acceptors (Lipinski definition) is 4. The molecule has 0 unspecified atom stereocenters. The summed E-state index contributed by atoms with van der Waals surface area (Å²) in [7, 11) is 1.46. The van der Waals surface area contributed by atoms with Crippen LogP contribution in [0.5, 0.6) is 0 Å². The van der Waals surface area contributed by atoms with Gasteiger partial charge in [-0.25, -0.2) is 9.59 Å². The lowest BCUT2D eigenvalue weighted by Gasteiger charge is -2.28. The van der Waals surface area contributed by atoms with Crippen molar-refractivity contribution in [1.29, 1.82) is 0 Å². The van der Waals surface area contributed by atoms with Crippen molar-refractivity contribution in [2.45, 2.75) is 32.4 Å². The Morgan fingerprint density at radius 2 is 1.90 bits per heavy atom. The lowest BCUT2D eigenvalue weighted by molar-refractivity contribution is -0.165. The first-order chi connectivity index (χ1) is 9.42. The van der Waals surface area contributed by atoms with Crippen LogP contribution in [0.3, 0.4) is 0 Å². The molecule has 20 heavy (non-hydrogen) atoms. The van der Waals surface area contributed by atoms with Crippen molar-refractivity contribution < 1.29 is 19.4 Å². The number of rotatable bonds is 7. The zero-order valence-corrected chi connectivity index (χ0v) is 12.1. The molecule has 5 heteroatoms. The van der Waals surface area contributed by atoms with Crippen LogP contribution in [0, 0.1) is 5.92 Å². The number of aliphatic carboxylic acids is 1. The number of ether oxygens (including phenoxy) is 1. The third-order valence-corrected chi connectivity index (χ3v) is 3.07. The van der Waals surface area contributed by atoms with Gasteiger partial charge >= 0.3 is 11.9 Å². The molecule has 2 N–H and O–H groups in total. The van der Waals surface area contributed by atoms with Gasteiger partial charge < -0.3 is 9.84 Å². The zero-order valence-electron chi connectivity index (χ0n) is 12.1. The molecule has 0 aliphatic heterocycles. The van der Waals surface area contributed by atoms with E-state index in [0.717, 1.165) is 5.56 Å². The highest BCUT2D eigenvalue weighted by atomic mass is 16.5. The number of esters is 1. The maximum Gasteiger partial charge on any atom is 0.338 e. The van der Waals surface area contributed by atoms with Gasteiger partial charge in [0.2, 0.25) is 5.54 Å². The largest absolute Gasteiger partial charge is 0.479 e. The van der Waals surface area contributed by atoms with Gasteiger partial charge in [-0.2, -0.15) is 0 Å². The van der Waals surface area contributed by atoms with Gasteiger partial charge in [-0.05, 0) is 24.9 Å². The van der Waals surface area contributed by atoms with Gasteiger partial charge in [-0.1, -0.05) is 44.2 Å². The normalized spacial score (nSPS) is 13.8. The molecule has 0 saturated heterocycles. The summed E-state index contributed by atoms with van der Waals surface area (Å²) in [5.74, 6) is -1.93. The summed E-state index contributed by atoms with van der Waals surface area (Å²) in [6.45, 7) is 3.79. The van der Waals surface area contributed by atoms with Crippen LogP contribution >= 0.6 is 0 Å². The SMILES string of the molecule is CN[C@@](CC(C)C)(C(=O)O)C(=O)OCc1ccccc1. The first kappa shape index (κ1) is 16.2. The summed E-state index contributed by atoms with van der Waals surface area (Å²) in [6.07, 6.45) is 0.173. The van der Waals surface area contributed by atoms with Gasteiger partial charge in [-0.3, -0.25) is 5.32 Å². The summed E-state index contributed by atoms with van der Waals surface area (Å²) in [5, 5.41) is 12.0. The fraction of sp³-hybridized carbons (Fsp3) is 0.467. The van der Waals surface area contributed by atoms with E-state index in [1.807, 2.05) is 44.2 Å². The number of carbonyl (C=O) groups is 2. The van der Waals surface area contributed by atoms with E-state index in [1.54, 1.807) is 0 Å². The van der Waals surface area contributed by atoms with E-state index in [9.17, 15) is 14.7 Å². The van der Waals surface area contributed by atoms with Crippen LogP contribution in [0.15, 0.2) is 30.3 Å². The summed E-state index contributed by atoms with van der Waals surface area (Å²) >= 11 is 0. The van der Waals surface area contributed by atoms with Crippen molar-refractivity contribution >= 4 is 11.9 Å². The summed E-state index contributed by atoms with van der Waals surface area (Å²) in [6, 6.07) is 9.16. The van der Waals surface area contributed by atoms with E-state index in [1.165, 1.54) is 7.05 Å². The molecule has 0 spiro atoms. The second-order valence-corrected chi connectivity index (χ2v) is 5.12. The van der Waals surface area contributed by atoms with Gasteiger partial charge in [0.1, 0.15) is 6.61 Å². The molecular formula is C15H21NO4. The monoisotopic (exact) mass is 279 g/mol. The minimum absolute atomic E-state index is 0.0443. The number of benzene rings is 1. The van der Waals surface area contributed by atoms with E-state index in [2.05, 4.69) is 5.32 Å². The Labute approximate surface area is 118 Å². The van der Waals surface area contributed by atoms with E-state index in [4.69, 9.17) is 4.74 Å². The van der Waals surface area contributed by atoms with Gasteiger partial charge in [0.25, 0.3) is 0 Å². The molecule has 0 saturated carbocycles. The first-order valence-corrected chi connectivity index (χ1v) is 6.56. The molecule has 0 radical (unpaired) electrons. The molecule has 0 heterocycles. The van der Waals surface area contributed by atoms with Crippen LogP contribution in [-0.2, 0) is 20.9 Å². The molecule has 1 atom stereocenters. The number of carboxylic acid groups (broad SMARTS) is 1. The Bertz CT molecular complexity index is 458. The molecule has 1 rings (SSSR count). The zero-order chi connectivity index (χ0) is 15.2. The third kappa shape index (κ3) is 3.81. The molecular weight excluding hydrogens is 258 g/mol. The highest BCUT2D eigenvalue weighted by Gasteiger charge is 2.46. The van der Waals surface area contributed by atoms with Gasteiger partial charge in [-0.15, -0.1) is 0 Å². The summed E-state index contributed by atoms with van der Waals surface area (Å²) < 4.78 is 5.16. The van der Waals surface area contributed by atoms with Gasteiger partial charge in [0.05, 0.1) is 0 Å². The minimum atomic E-state index is -1.69. The fourth-order valence-corrected chi connectivity index (χ4v) is 2.03. The van der Waals surface area contributed by atoms with Crippen molar-refractivity contribution in [3.05, 3.63) is 35.9 Å². The standard InChI is InChI=1S/C15H21NO4/c1-11(2)9-15(16-3,13(17)18)14(19)20-10-12-7-5-4-6-8-12/h4-8,11,16H,9-10H2,1-3H3,(H,17,18)/t15-/m0/s1. The number of likely N-dealkylation sites (N-methyl/N-ethyl adjacent to an activating group) is 1. The van der Waals surface area contributed by atoms with Crippen molar-refractivity contribution in [3.63, 3.8) is 0 Å². The van der Waals surface area contributed by atoms with E-state index in [-0.39, 0.29) is 18.9 Å². The molecule has 0 bridgehead atoms. The van der Waals surface area contributed by atoms with E-state index < -0.39 is 17.5 Å².